The van der Waals surface area contributed by atoms with Crippen molar-refractivity contribution in [2.75, 3.05) is 6.26 Å². The van der Waals surface area contributed by atoms with Gasteiger partial charge in [0, 0.05) is 18.5 Å². The molecule has 118 valence electrons. The first-order valence-corrected chi connectivity index (χ1v) is 8.43. The first kappa shape index (κ1) is 16.4. The van der Waals surface area contributed by atoms with Crippen LogP contribution >= 0.6 is 0 Å². The van der Waals surface area contributed by atoms with Crippen molar-refractivity contribution in [2.45, 2.75) is 18.3 Å². The monoisotopic (exact) mass is 330 g/mol. The van der Waals surface area contributed by atoms with E-state index in [1.807, 2.05) is 0 Å². The maximum Gasteiger partial charge on any atom is 0.433 e. The van der Waals surface area contributed by atoms with Crippen molar-refractivity contribution in [1.29, 1.82) is 0 Å². The Kier molecular flexibility index (Phi) is 4.50. The second-order valence-corrected chi connectivity index (χ2v) is 7.56. The minimum Gasteiger partial charge on any atom is -0.251 e. The van der Waals surface area contributed by atoms with Gasteiger partial charge in [0.05, 0.1) is 5.25 Å². The van der Waals surface area contributed by atoms with Gasteiger partial charge in [0.2, 0.25) is 0 Å². The smallest absolute Gasteiger partial charge is 0.251 e. The van der Waals surface area contributed by atoms with E-state index in [9.17, 15) is 17.4 Å². The van der Waals surface area contributed by atoms with Crippen molar-refractivity contribution < 1.29 is 21.7 Å². The lowest BCUT2D eigenvalue weighted by atomic mass is 10.2. The largest absolute Gasteiger partial charge is 0.433 e. The molecule has 0 amide bonds. The summed E-state index contributed by atoms with van der Waals surface area (Å²) in [5, 5.41) is -0.524. The zero-order chi connectivity index (χ0) is 16.4. The van der Waals surface area contributed by atoms with Crippen molar-refractivity contribution in [3.63, 3.8) is 0 Å². The van der Waals surface area contributed by atoms with E-state index in [-0.39, 0.29) is 0 Å². The zero-order valence-electron chi connectivity index (χ0n) is 12.0. The van der Waals surface area contributed by atoms with Gasteiger partial charge in [-0.05, 0) is 29.6 Å². The summed E-state index contributed by atoms with van der Waals surface area (Å²) < 4.78 is 53.1. The zero-order valence-corrected chi connectivity index (χ0v) is 12.8. The number of pyridine rings is 2. The second-order valence-electron chi connectivity index (χ2n) is 4.84. The number of halogens is 3. The Balaban J connectivity index is 2.33. The van der Waals surface area contributed by atoms with Crippen LogP contribution in [0.5, 0.6) is 0 Å². The lowest BCUT2D eigenvalue weighted by Gasteiger charge is -2.13. The minimum atomic E-state index is -4.48. The van der Waals surface area contributed by atoms with Crippen LogP contribution in [-0.4, -0.2) is 20.4 Å². The molecular formula is C14H15F3N3OS+. The molecule has 0 aliphatic carbocycles. The third-order valence-corrected chi connectivity index (χ3v) is 5.43. The molecule has 1 N–H and O–H groups in total. The number of nitrogens with zero attached hydrogens (tertiary/aromatic N) is 2. The average molecular weight is 330 g/mol. The van der Waals surface area contributed by atoms with Crippen LogP contribution in [-0.2, 0) is 15.9 Å². The van der Waals surface area contributed by atoms with Crippen molar-refractivity contribution >= 4 is 15.5 Å². The molecule has 2 unspecified atom stereocenters. The van der Waals surface area contributed by atoms with Crippen LogP contribution in [0.2, 0.25) is 0 Å². The minimum absolute atomic E-state index is 0.446. The van der Waals surface area contributed by atoms with E-state index in [4.69, 9.17) is 0 Å². The summed E-state index contributed by atoms with van der Waals surface area (Å²) in [7, 11) is -2.60. The van der Waals surface area contributed by atoms with Gasteiger partial charge in [-0.3, -0.25) is 4.98 Å². The fraction of sp³-hybridized carbons (Fsp3) is 0.286. The normalized spacial score (nSPS) is 15.9. The van der Waals surface area contributed by atoms with Gasteiger partial charge in [-0.25, -0.2) is 4.21 Å². The summed E-state index contributed by atoms with van der Waals surface area (Å²) in [6.45, 7) is 1.67. The molecule has 2 heterocycles. The molecule has 0 aliphatic rings. The lowest BCUT2D eigenvalue weighted by molar-refractivity contribution is -0.332. The van der Waals surface area contributed by atoms with Gasteiger partial charge in [-0.1, -0.05) is 12.1 Å². The average Bonchev–Trinajstić information content (AvgIpc) is 2.46. The van der Waals surface area contributed by atoms with E-state index < -0.39 is 26.8 Å². The first-order valence-electron chi connectivity index (χ1n) is 6.40. The van der Waals surface area contributed by atoms with Crippen molar-refractivity contribution in [3.8, 4) is 0 Å². The Bertz CT molecular complexity index is 751. The molecule has 8 heteroatoms. The SMILES string of the molecule is CC(c1ccc(C(F)(F)F)nc1)S(C)(=O)=[NH+]c1ccccn1. The predicted molar refractivity (Wildman–Crippen MR) is 76.6 cm³/mol. The second kappa shape index (κ2) is 6.04. The van der Waals surface area contributed by atoms with E-state index in [1.165, 1.54) is 12.3 Å². The number of hydrogen-bond acceptors (Lipinski definition) is 3. The van der Waals surface area contributed by atoms with Crippen LogP contribution in [0.1, 0.15) is 23.4 Å². The topological polar surface area (TPSA) is 56.8 Å². The maximum absolute atomic E-state index is 12.7. The summed E-state index contributed by atoms with van der Waals surface area (Å²) in [5.74, 6) is 0.446. The summed E-state index contributed by atoms with van der Waals surface area (Å²) in [4.78, 5) is 7.43. The molecule has 2 aromatic heterocycles. The Hall–Kier alpha value is -1.96. The number of rotatable bonds is 3. The van der Waals surface area contributed by atoms with E-state index in [0.717, 1.165) is 12.3 Å². The number of nitrogens with one attached hydrogen (secondary N) is 1. The highest BCUT2D eigenvalue weighted by molar-refractivity contribution is 7.90. The van der Waals surface area contributed by atoms with E-state index >= 15 is 0 Å². The Morgan fingerprint density at radius 3 is 2.41 bits per heavy atom. The van der Waals surface area contributed by atoms with Gasteiger partial charge in [0.15, 0.2) is 0 Å². The Morgan fingerprint density at radius 1 is 1.18 bits per heavy atom. The fourth-order valence-electron chi connectivity index (χ4n) is 1.79. The number of aromatic nitrogens is 2. The molecule has 0 radical (unpaired) electrons. The third kappa shape index (κ3) is 3.82. The molecule has 2 atom stereocenters. The predicted octanol–water partition coefficient (Wildman–Crippen LogP) is 2.07. The molecule has 0 bridgehead atoms. The summed E-state index contributed by atoms with van der Waals surface area (Å²) >= 11 is 0. The van der Waals surface area contributed by atoms with Gasteiger partial charge in [0.25, 0.3) is 0 Å². The summed E-state index contributed by atoms with van der Waals surface area (Å²) in [6, 6.07) is 7.33. The lowest BCUT2D eigenvalue weighted by Crippen LogP contribution is -2.67. The van der Waals surface area contributed by atoms with Crippen molar-refractivity contribution in [1.82, 2.24) is 9.97 Å². The standard InChI is InChI=1S/C14H14F3N3OS/c1-10(11-6-7-12(19-9-11)14(15,16)17)22(2,21)20-13-5-3-4-8-18-13/h3-10H,1-2H3/p+1. The van der Waals surface area contributed by atoms with Gasteiger partial charge in [-0.15, -0.1) is 0 Å². The van der Waals surface area contributed by atoms with Gasteiger partial charge < -0.3 is 0 Å². The molecule has 22 heavy (non-hydrogen) atoms. The van der Waals surface area contributed by atoms with Crippen LogP contribution in [0.25, 0.3) is 0 Å². The Labute approximate surface area is 126 Å². The van der Waals surface area contributed by atoms with Crippen LogP contribution in [0, 0.1) is 0 Å². The van der Waals surface area contributed by atoms with Crippen LogP contribution in [0.4, 0.5) is 19.0 Å². The molecule has 0 aliphatic heterocycles. The third-order valence-electron chi connectivity index (χ3n) is 3.19. The number of alkyl halides is 3. The molecule has 0 fully saturated rings. The highest BCUT2D eigenvalue weighted by atomic mass is 32.2. The summed E-state index contributed by atoms with van der Waals surface area (Å²) in [5.41, 5.74) is -0.507. The van der Waals surface area contributed by atoms with Gasteiger partial charge in [-0.2, -0.15) is 17.5 Å². The van der Waals surface area contributed by atoms with Crippen molar-refractivity contribution in [3.05, 3.63) is 54.0 Å². The highest BCUT2D eigenvalue weighted by Gasteiger charge is 2.32. The molecule has 2 rings (SSSR count). The molecule has 2 aromatic rings. The van der Waals surface area contributed by atoms with Crippen molar-refractivity contribution in [2.24, 2.45) is 0 Å². The molecule has 0 spiro atoms. The molecule has 0 aromatic carbocycles. The van der Waals surface area contributed by atoms with Crippen LogP contribution in [0.15, 0.2) is 42.7 Å². The van der Waals surface area contributed by atoms with E-state index in [1.54, 1.807) is 31.3 Å². The molecule has 4 nitrogen and oxygen atoms in total. The molecular weight excluding hydrogens is 315 g/mol. The highest BCUT2D eigenvalue weighted by Crippen LogP contribution is 2.28. The van der Waals surface area contributed by atoms with Gasteiger partial charge >= 0.3 is 12.0 Å². The van der Waals surface area contributed by atoms with Crippen LogP contribution < -0.4 is 4.36 Å². The van der Waals surface area contributed by atoms with Crippen LogP contribution in [0.3, 0.4) is 0 Å². The molecule has 0 saturated heterocycles. The van der Waals surface area contributed by atoms with E-state index in [2.05, 4.69) is 14.3 Å². The quantitative estimate of drug-likeness (QED) is 0.937. The fourth-order valence-corrected chi connectivity index (χ4v) is 3.16. The van der Waals surface area contributed by atoms with Gasteiger partial charge in [0.1, 0.15) is 21.6 Å². The number of hydrogen-bond donors (Lipinski definition) is 1. The molecule has 0 saturated carbocycles. The maximum atomic E-state index is 12.7. The first-order chi connectivity index (χ1) is 10.2. The summed E-state index contributed by atoms with van der Waals surface area (Å²) in [6.07, 6.45) is -0.315. The Morgan fingerprint density at radius 2 is 1.91 bits per heavy atom. The van der Waals surface area contributed by atoms with E-state index in [0.29, 0.717) is 11.4 Å².